The Labute approximate surface area is 104 Å². The topological polar surface area (TPSA) is 61.8 Å². The van der Waals surface area contributed by atoms with Crippen molar-refractivity contribution in [2.24, 2.45) is 0 Å². The molecule has 0 spiro atoms. The zero-order chi connectivity index (χ0) is 14.1. The van der Waals surface area contributed by atoms with Gasteiger partial charge in [0.05, 0.1) is 26.4 Å². The molecule has 0 atom stereocenters. The molecule has 0 N–H and O–H groups in total. The first-order valence-corrected chi connectivity index (χ1v) is 6.83. The van der Waals surface area contributed by atoms with Crippen LogP contribution in [0.3, 0.4) is 0 Å². The number of ether oxygens (including phenoxy) is 2. The largest absolute Gasteiger partial charge is 0.523 e. The van der Waals surface area contributed by atoms with Crippen LogP contribution in [0.2, 0.25) is 0 Å². The van der Waals surface area contributed by atoms with E-state index in [1.54, 1.807) is 0 Å². The van der Waals surface area contributed by atoms with E-state index in [-0.39, 0.29) is 13.2 Å². The number of alkyl halides is 3. The molecule has 0 bridgehead atoms. The lowest BCUT2D eigenvalue weighted by Crippen LogP contribution is -2.27. The van der Waals surface area contributed by atoms with Crippen LogP contribution >= 0.6 is 0 Å². The Bertz CT molecular complexity index is 302. The van der Waals surface area contributed by atoms with Gasteiger partial charge in [-0.05, 0) is 6.42 Å². The maximum Gasteiger partial charge on any atom is 0.523 e. The Morgan fingerprint density at radius 3 is 1.94 bits per heavy atom. The Morgan fingerprint density at radius 2 is 1.44 bits per heavy atom. The van der Waals surface area contributed by atoms with Gasteiger partial charge in [0.15, 0.2) is 0 Å². The molecule has 0 rings (SSSR count). The predicted octanol–water partition coefficient (Wildman–Crippen LogP) is 1.69. The minimum absolute atomic E-state index is 0.180. The smallest absolute Gasteiger partial charge is 0.379 e. The van der Waals surface area contributed by atoms with Gasteiger partial charge in [0, 0.05) is 6.61 Å². The Hall–Kier alpha value is -0.380. The number of rotatable bonds is 10. The number of halogens is 3. The summed E-state index contributed by atoms with van der Waals surface area (Å²) in [6.07, 6.45) is 1.93. The van der Waals surface area contributed by atoms with Crippen LogP contribution in [0, 0.1) is 0 Å². The molecule has 0 fully saturated rings. The normalized spacial score (nSPS) is 12.9. The molecule has 0 heterocycles. The van der Waals surface area contributed by atoms with Crippen molar-refractivity contribution in [1.29, 1.82) is 0 Å². The summed E-state index contributed by atoms with van der Waals surface area (Å²) >= 11 is 0. The maximum atomic E-state index is 11.8. The maximum absolute atomic E-state index is 11.8. The lowest BCUT2D eigenvalue weighted by molar-refractivity contribution is -0.0559. The summed E-state index contributed by atoms with van der Waals surface area (Å²) in [6, 6.07) is 0. The van der Waals surface area contributed by atoms with Crippen LogP contribution in [0.15, 0.2) is 0 Å². The molecule has 0 aliphatic heterocycles. The molecule has 9 heteroatoms. The van der Waals surface area contributed by atoms with Crippen molar-refractivity contribution in [2.45, 2.75) is 25.3 Å². The Morgan fingerprint density at radius 1 is 0.944 bits per heavy atom. The van der Waals surface area contributed by atoms with Gasteiger partial charge in [-0.15, -0.1) is 0 Å². The first kappa shape index (κ1) is 17.6. The van der Waals surface area contributed by atoms with Crippen molar-refractivity contribution in [3.8, 4) is 0 Å². The molecule has 0 aliphatic carbocycles. The van der Waals surface area contributed by atoms with E-state index >= 15 is 0 Å². The molecule has 18 heavy (non-hydrogen) atoms. The fourth-order valence-corrected chi connectivity index (χ4v) is 1.26. The van der Waals surface area contributed by atoms with Crippen molar-refractivity contribution in [1.82, 2.24) is 0 Å². The summed E-state index contributed by atoms with van der Waals surface area (Å²) in [7, 11) is -5.51. The highest BCUT2D eigenvalue weighted by Gasteiger charge is 2.47. The summed E-state index contributed by atoms with van der Waals surface area (Å²) in [4.78, 5) is 0. The summed E-state index contributed by atoms with van der Waals surface area (Å²) in [6.45, 7) is 2.19. The average Bonchev–Trinajstić information content (AvgIpc) is 2.25. The van der Waals surface area contributed by atoms with Gasteiger partial charge < -0.3 is 9.47 Å². The van der Waals surface area contributed by atoms with Crippen molar-refractivity contribution in [3.63, 3.8) is 0 Å². The van der Waals surface area contributed by atoms with Crippen LogP contribution < -0.4 is 0 Å². The van der Waals surface area contributed by atoms with Gasteiger partial charge in [0.2, 0.25) is 0 Å². The number of hydrogen-bond donors (Lipinski definition) is 0. The first-order valence-electron chi connectivity index (χ1n) is 5.42. The molecule has 0 saturated heterocycles. The molecule has 5 nitrogen and oxygen atoms in total. The average molecular weight is 294 g/mol. The van der Waals surface area contributed by atoms with E-state index < -0.39 is 22.2 Å². The standard InChI is InChI=1S/C9H17F3O5S/c1-2-3-4-15-5-6-16-7-8-17-18(13,14)9(10,11)12/h2-8H2,1H3. The van der Waals surface area contributed by atoms with Crippen molar-refractivity contribution >= 4 is 10.1 Å². The molecular weight excluding hydrogens is 277 g/mol. The minimum Gasteiger partial charge on any atom is -0.379 e. The van der Waals surface area contributed by atoms with Gasteiger partial charge >= 0.3 is 15.6 Å². The molecular formula is C9H17F3O5S. The van der Waals surface area contributed by atoms with Crippen LogP contribution in [-0.4, -0.2) is 47.0 Å². The van der Waals surface area contributed by atoms with E-state index in [9.17, 15) is 21.6 Å². The van der Waals surface area contributed by atoms with Crippen molar-refractivity contribution < 1.29 is 35.2 Å². The summed E-state index contributed by atoms with van der Waals surface area (Å²) < 4.78 is 70.0. The second-order valence-electron chi connectivity index (χ2n) is 3.30. The SMILES string of the molecule is CCCCOCCOCCOS(=O)(=O)C(F)(F)F. The highest BCUT2D eigenvalue weighted by atomic mass is 32.2. The van der Waals surface area contributed by atoms with Gasteiger partial charge in [-0.3, -0.25) is 4.18 Å². The van der Waals surface area contributed by atoms with Crippen LogP contribution in [0.5, 0.6) is 0 Å². The summed E-state index contributed by atoms with van der Waals surface area (Å²) in [5.74, 6) is 0. The fraction of sp³-hybridized carbons (Fsp3) is 1.00. The second-order valence-corrected chi connectivity index (χ2v) is 4.91. The molecule has 0 aromatic carbocycles. The molecule has 0 unspecified atom stereocenters. The third-order valence-corrected chi connectivity index (χ3v) is 2.81. The van der Waals surface area contributed by atoms with E-state index in [2.05, 4.69) is 4.18 Å². The zero-order valence-corrected chi connectivity index (χ0v) is 10.8. The van der Waals surface area contributed by atoms with Gasteiger partial charge in [0.1, 0.15) is 0 Å². The van der Waals surface area contributed by atoms with Gasteiger partial charge in [-0.2, -0.15) is 21.6 Å². The first-order chi connectivity index (χ1) is 8.31. The molecule has 0 aromatic heterocycles. The van der Waals surface area contributed by atoms with Crippen LogP contribution in [-0.2, 0) is 23.8 Å². The summed E-state index contributed by atoms with van der Waals surface area (Å²) in [5.41, 5.74) is -5.39. The monoisotopic (exact) mass is 294 g/mol. The number of unbranched alkanes of at least 4 members (excludes halogenated alkanes) is 1. The van der Waals surface area contributed by atoms with Crippen LogP contribution in [0.1, 0.15) is 19.8 Å². The summed E-state index contributed by atoms with van der Waals surface area (Å²) in [5, 5.41) is 0. The zero-order valence-electron chi connectivity index (χ0n) is 10.0. The van der Waals surface area contributed by atoms with Gasteiger partial charge in [-0.25, -0.2) is 0 Å². The highest BCUT2D eigenvalue weighted by molar-refractivity contribution is 7.87. The third kappa shape index (κ3) is 7.85. The molecule has 0 aromatic rings. The van der Waals surface area contributed by atoms with E-state index in [4.69, 9.17) is 9.47 Å². The molecule has 110 valence electrons. The molecule has 0 saturated carbocycles. The molecule has 0 amide bonds. The Kier molecular flexibility index (Phi) is 8.49. The van der Waals surface area contributed by atoms with Crippen molar-refractivity contribution in [2.75, 3.05) is 33.0 Å². The van der Waals surface area contributed by atoms with E-state index in [1.165, 1.54) is 0 Å². The highest BCUT2D eigenvalue weighted by Crippen LogP contribution is 2.24. The van der Waals surface area contributed by atoms with Gasteiger partial charge in [-0.1, -0.05) is 13.3 Å². The van der Waals surface area contributed by atoms with Crippen LogP contribution in [0.4, 0.5) is 13.2 Å². The third-order valence-electron chi connectivity index (χ3n) is 1.76. The Balaban J connectivity index is 3.47. The fourth-order valence-electron chi connectivity index (χ4n) is 0.838. The van der Waals surface area contributed by atoms with E-state index in [1.807, 2.05) is 6.92 Å². The minimum atomic E-state index is -5.51. The lowest BCUT2D eigenvalue weighted by Gasteiger charge is -2.08. The van der Waals surface area contributed by atoms with E-state index in [0.717, 1.165) is 12.8 Å². The van der Waals surface area contributed by atoms with Crippen LogP contribution in [0.25, 0.3) is 0 Å². The predicted molar refractivity (Wildman–Crippen MR) is 57.5 cm³/mol. The molecule has 0 aliphatic rings. The van der Waals surface area contributed by atoms with Gasteiger partial charge in [0.25, 0.3) is 0 Å². The second kappa shape index (κ2) is 8.68. The lowest BCUT2D eigenvalue weighted by atomic mass is 10.4. The van der Waals surface area contributed by atoms with Crippen molar-refractivity contribution in [3.05, 3.63) is 0 Å². The number of hydrogen-bond acceptors (Lipinski definition) is 5. The quantitative estimate of drug-likeness (QED) is 0.348. The van der Waals surface area contributed by atoms with E-state index in [0.29, 0.717) is 13.2 Å². The molecule has 0 radical (unpaired) electrons.